The van der Waals surface area contributed by atoms with Crippen molar-refractivity contribution < 1.29 is 14.3 Å². The van der Waals surface area contributed by atoms with Crippen molar-refractivity contribution in [3.05, 3.63) is 46.1 Å². The number of amides is 2. The fourth-order valence-corrected chi connectivity index (χ4v) is 3.03. The molecule has 0 radical (unpaired) electrons. The summed E-state index contributed by atoms with van der Waals surface area (Å²) in [6, 6.07) is 7.51. The fraction of sp³-hybridized carbons (Fsp3) is 0.412. The number of benzene rings is 1. The lowest BCUT2D eigenvalue weighted by molar-refractivity contribution is -0.139. The number of carbonyl (C=O) groups excluding carboxylic acids is 2. The largest absolute Gasteiger partial charge is 0.496 e. The van der Waals surface area contributed by atoms with Gasteiger partial charge in [0.15, 0.2) is 0 Å². The third kappa shape index (κ3) is 4.11. The number of rotatable bonds is 6. The molecule has 3 rings (SSSR count). The maximum absolute atomic E-state index is 12.4. The molecule has 1 saturated heterocycles. The van der Waals surface area contributed by atoms with Gasteiger partial charge >= 0.3 is 5.69 Å². The van der Waals surface area contributed by atoms with E-state index >= 15 is 0 Å². The van der Waals surface area contributed by atoms with Crippen LogP contribution in [0.15, 0.2) is 29.1 Å². The van der Waals surface area contributed by atoms with Gasteiger partial charge in [-0.15, -0.1) is 0 Å². The molecule has 9 nitrogen and oxygen atoms in total. The molecule has 26 heavy (non-hydrogen) atoms. The van der Waals surface area contributed by atoms with Crippen LogP contribution in [0.1, 0.15) is 24.2 Å². The number of para-hydroxylation sites is 1. The molecule has 1 fully saturated rings. The highest BCUT2D eigenvalue weighted by atomic mass is 16.5. The van der Waals surface area contributed by atoms with Crippen LogP contribution in [0.2, 0.25) is 0 Å². The van der Waals surface area contributed by atoms with E-state index in [1.807, 2.05) is 24.3 Å². The summed E-state index contributed by atoms with van der Waals surface area (Å²) >= 11 is 0. The Bertz CT molecular complexity index is 843. The highest BCUT2D eigenvalue weighted by Crippen LogP contribution is 2.24. The smallest absolute Gasteiger partial charge is 0.340 e. The van der Waals surface area contributed by atoms with E-state index in [0.29, 0.717) is 31.8 Å². The van der Waals surface area contributed by atoms with Gasteiger partial charge < -0.3 is 15.0 Å². The molecule has 1 atom stereocenters. The van der Waals surface area contributed by atoms with Crippen LogP contribution in [0.25, 0.3) is 0 Å². The minimum Gasteiger partial charge on any atom is -0.496 e. The highest BCUT2D eigenvalue weighted by molar-refractivity contribution is 5.83. The number of aromatic amines is 2. The van der Waals surface area contributed by atoms with Crippen molar-refractivity contribution in [1.82, 2.24) is 25.4 Å². The van der Waals surface area contributed by atoms with Gasteiger partial charge in [-0.25, -0.2) is 9.89 Å². The Morgan fingerprint density at radius 1 is 1.38 bits per heavy atom. The number of hydrogen-bond acceptors (Lipinski definition) is 5. The fourth-order valence-electron chi connectivity index (χ4n) is 3.03. The lowest BCUT2D eigenvalue weighted by Gasteiger charge is -2.32. The monoisotopic (exact) mass is 359 g/mol. The van der Waals surface area contributed by atoms with Crippen LogP contribution in [-0.2, 0) is 22.7 Å². The van der Waals surface area contributed by atoms with Crippen LogP contribution in [0.3, 0.4) is 0 Å². The number of aromatic nitrogens is 3. The van der Waals surface area contributed by atoms with Gasteiger partial charge in [0, 0.05) is 25.1 Å². The van der Waals surface area contributed by atoms with Crippen LogP contribution >= 0.6 is 0 Å². The Kier molecular flexibility index (Phi) is 5.35. The first-order valence-electron chi connectivity index (χ1n) is 8.37. The molecule has 2 aromatic rings. The molecule has 0 saturated carbocycles. The molecule has 1 aliphatic heterocycles. The van der Waals surface area contributed by atoms with Gasteiger partial charge in [-0.05, 0) is 12.5 Å². The van der Waals surface area contributed by atoms with Crippen LogP contribution in [-0.4, -0.2) is 45.6 Å². The van der Waals surface area contributed by atoms with Crippen molar-refractivity contribution in [3.63, 3.8) is 0 Å². The summed E-state index contributed by atoms with van der Waals surface area (Å²) in [6.07, 6.45) is 0.830. The quantitative estimate of drug-likeness (QED) is 0.679. The summed E-state index contributed by atoms with van der Waals surface area (Å²) in [6.45, 7) is 0.883. The molecule has 138 valence electrons. The summed E-state index contributed by atoms with van der Waals surface area (Å²) in [5.74, 6) is 0.645. The second-order valence-electron chi connectivity index (χ2n) is 6.16. The molecule has 2 amide bonds. The Labute approximate surface area is 149 Å². The third-order valence-electron chi connectivity index (χ3n) is 4.40. The Balaban J connectivity index is 1.61. The lowest BCUT2D eigenvalue weighted by atomic mass is 9.96. The molecule has 1 aromatic heterocycles. The summed E-state index contributed by atoms with van der Waals surface area (Å²) in [5.41, 5.74) is 0.485. The number of piperidine rings is 1. The van der Waals surface area contributed by atoms with Crippen LogP contribution in [0, 0.1) is 5.92 Å². The molecular formula is C17H21N5O4. The van der Waals surface area contributed by atoms with Gasteiger partial charge in [0.05, 0.1) is 19.6 Å². The zero-order chi connectivity index (χ0) is 18.5. The predicted molar refractivity (Wildman–Crippen MR) is 92.2 cm³/mol. The molecule has 0 bridgehead atoms. The number of likely N-dealkylation sites (tertiary alicyclic amines) is 1. The zero-order valence-electron chi connectivity index (χ0n) is 14.4. The van der Waals surface area contributed by atoms with Gasteiger partial charge in [0.1, 0.15) is 11.6 Å². The average Bonchev–Trinajstić information content (AvgIpc) is 3.07. The van der Waals surface area contributed by atoms with Gasteiger partial charge in [-0.1, -0.05) is 18.2 Å². The summed E-state index contributed by atoms with van der Waals surface area (Å²) in [7, 11) is 1.59. The van der Waals surface area contributed by atoms with Gasteiger partial charge in [-0.3, -0.25) is 14.6 Å². The maximum atomic E-state index is 12.4. The first-order valence-corrected chi connectivity index (χ1v) is 8.37. The molecule has 3 N–H and O–H groups in total. The van der Waals surface area contributed by atoms with E-state index in [4.69, 9.17) is 4.74 Å². The van der Waals surface area contributed by atoms with Crippen molar-refractivity contribution >= 4 is 11.8 Å². The minimum absolute atomic E-state index is 0.0246. The average molecular weight is 359 g/mol. The number of nitrogens with one attached hydrogen (secondary N) is 3. The minimum atomic E-state index is -0.416. The second kappa shape index (κ2) is 7.85. The first kappa shape index (κ1) is 17.7. The molecule has 0 unspecified atom stereocenters. The predicted octanol–water partition coefficient (Wildman–Crippen LogP) is 0.162. The SMILES string of the molecule is COc1ccccc1CN1C[C@@H](C(=O)NCc2n[nH]c(=O)[nH]2)CCC1=O. The van der Waals surface area contributed by atoms with E-state index in [1.165, 1.54) is 0 Å². The summed E-state index contributed by atoms with van der Waals surface area (Å²) < 4.78 is 5.33. The Morgan fingerprint density at radius 3 is 2.92 bits per heavy atom. The topological polar surface area (TPSA) is 120 Å². The molecule has 0 spiro atoms. The van der Waals surface area contributed by atoms with E-state index in [2.05, 4.69) is 20.5 Å². The van der Waals surface area contributed by atoms with E-state index in [-0.39, 0.29) is 24.3 Å². The molecule has 2 heterocycles. The first-order chi connectivity index (χ1) is 12.6. The second-order valence-corrected chi connectivity index (χ2v) is 6.16. The van der Waals surface area contributed by atoms with E-state index in [9.17, 15) is 14.4 Å². The zero-order valence-corrected chi connectivity index (χ0v) is 14.4. The number of ether oxygens (including phenoxy) is 1. The molecular weight excluding hydrogens is 338 g/mol. The molecule has 0 aliphatic carbocycles. The highest BCUT2D eigenvalue weighted by Gasteiger charge is 2.30. The molecule has 1 aromatic carbocycles. The summed E-state index contributed by atoms with van der Waals surface area (Å²) in [4.78, 5) is 39.8. The van der Waals surface area contributed by atoms with Crippen LogP contribution < -0.4 is 15.7 Å². The van der Waals surface area contributed by atoms with Crippen LogP contribution in [0.5, 0.6) is 5.75 Å². The van der Waals surface area contributed by atoms with Crippen molar-refractivity contribution in [3.8, 4) is 5.75 Å². The Hall–Kier alpha value is -3.10. The number of hydrogen-bond donors (Lipinski definition) is 3. The van der Waals surface area contributed by atoms with E-state index < -0.39 is 5.69 Å². The lowest BCUT2D eigenvalue weighted by Crippen LogP contribution is -2.45. The van der Waals surface area contributed by atoms with Crippen LogP contribution in [0.4, 0.5) is 0 Å². The standard InChI is InChI=1S/C17H21N5O4/c1-26-13-5-3-2-4-11(13)9-22-10-12(6-7-15(22)23)16(24)18-8-14-19-17(25)21-20-14/h2-5,12H,6-10H2,1H3,(H,18,24)(H2,19,20,21,25)/t12-/m0/s1. The number of nitrogens with zero attached hydrogens (tertiary/aromatic N) is 2. The molecule has 1 aliphatic rings. The Morgan fingerprint density at radius 2 is 2.19 bits per heavy atom. The number of methoxy groups -OCH3 is 1. The third-order valence-corrected chi connectivity index (χ3v) is 4.40. The molecule has 9 heteroatoms. The normalized spacial score (nSPS) is 17.2. The number of carbonyl (C=O) groups is 2. The van der Waals surface area contributed by atoms with E-state index in [1.54, 1.807) is 12.0 Å². The van der Waals surface area contributed by atoms with Gasteiger partial charge in [-0.2, -0.15) is 5.10 Å². The van der Waals surface area contributed by atoms with Crippen molar-refractivity contribution in [2.24, 2.45) is 5.92 Å². The van der Waals surface area contributed by atoms with Crippen molar-refractivity contribution in [2.75, 3.05) is 13.7 Å². The van der Waals surface area contributed by atoms with E-state index in [0.717, 1.165) is 11.3 Å². The summed E-state index contributed by atoms with van der Waals surface area (Å²) in [5, 5.41) is 8.74. The van der Waals surface area contributed by atoms with Crippen molar-refractivity contribution in [1.29, 1.82) is 0 Å². The number of H-pyrrole nitrogens is 2. The van der Waals surface area contributed by atoms with Crippen molar-refractivity contribution in [2.45, 2.75) is 25.9 Å². The van der Waals surface area contributed by atoms with Gasteiger partial charge in [0.25, 0.3) is 0 Å². The van der Waals surface area contributed by atoms with Gasteiger partial charge in [0.2, 0.25) is 11.8 Å². The maximum Gasteiger partial charge on any atom is 0.340 e.